The molecule has 0 aliphatic rings. The summed E-state index contributed by atoms with van der Waals surface area (Å²) in [7, 11) is -2.62. The van der Waals surface area contributed by atoms with E-state index in [4.69, 9.17) is 10.0 Å². The molecule has 80 valence electrons. The van der Waals surface area contributed by atoms with E-state index in [1.165, 1.54) is 0 Å². The fourth-order valence-electron chi connectivity index (χ4n) is 0.849. The Kier molecular flexibility index (Phi) is 3.18. The van der Waals surface area contributed by atoms with Gasteiger partial charge in [0.05, 0.1) is 9.94 Å². The van der Waals surface area contributed by atoms with Gasteiger partial charge in [-0.2, -0.15) is 0 Å². The molecule has 2 N–H and O–H groups in total. The Morgan fingerprint density at radius 2 is 1.29 bits per heavy atom. The van der Waals surface area contributed by atoms with Crippen LogP contribution in [0.3, 0.4) is 0 Å². The third-order valence-corrected chi connectivity index (χ3v) is 2.20. The highest BCUT2D eigenvalue weighted by molar-refractivity contribution is 9.10. The summed E-state index contributed by atoms with van der Waals surface area (Å²) in [6.45, 7) is 0. The van der Waals surface area contributed by atoms with Crippen LogP contribution in [0.2, 0.25) is 0 Å². The minimum Gasteiger partial charge on any atom is -0.423 e. The summed E-state index contributed by atoms with van der Waals surface area (Å²) in [6, 6.07) is 0. The van der Waals surface area contributed by atoms with Gasteiger partial charge in [-0.15, -0.1) is 0 Å². The van der Waals surface area contributed by atoms with Gasteiger partial charge >= 0.3 is 7.12 Å². The molecule has 8 heteroatoms. The van der Waals surface area contributed by atoms with E-state index in [1.54, 1.807) is 0 Å². The van der Waals surface area contributed by atoms with Crippen LogP contribution in [0.25, 0.3) is 0 Å². The molecular formula is C6H6BBrF4O2. The third kappa shape index (κ3) is 1.64. The highest BCUT2D eigenvalue weighted by Gasteiger charge is 2.30. The molecule has 0 bridgehead atoms. The molecule has 0 saturated carbocycles. The van der Waals surface area contributed by atoms with Crippen LogP contribution in [0.15, 0.2) is 4.47 Å². The maximum absolute atomic E-state index is 12.8. The van der Waals surface area contributed by atoms with Crippen LogP contribution in [0, 0.1) is 23.3 Å². The lowest BCUT2D eigenvalue weighted by molar-refractivity contribution is 0.406. The summed E-state index contributed by atoms with van der Waals surface area (Å²) in [4.78, 5) is 0. The van der Waals surface area contributed by atoms with Crippen LogP contribution >= 0.6 is 15.9 Å². The van der Waals surface area contributed by atoms with Crippen LogP contribution in [0.1, 0.15) is 2.85 Å². The normalized spacial score (nSPS) is 10.5. The van der Waals surface area contributed by atoms with Crippen molar-refractivity contribution < 1.29 is 30.5 Å². The molecule has 0 fully saturated rings. The number of hydrogen-bond acceptors (Lipinski definition) is 2. The lowest BCUT2D eigenvalue weighted by atomic mass is 9.79. The minimum absolute atomic E-state index is 0. The van der Waals surface area contributed by atoms with Crippen LogP contribution in [0.5, 0.6) is 0 Å². The van der Waals surface area contributed by atoms with Gasteiger partial charge in [0.1, 0.15) is 0 Å². The van der Waals surface area contributed by atoms with Gasteiger partial charge in [-0.1, -0.05) is 0 Å². The van der Waals surface area contributed by atoms with Gasteiger partial charge in [-0.05, 0) is 15.9 Å². The van der Waals surface area contributed by atoms with E-state index in [1.807, 2.05) is 0 Å². The largest absolute Gasteiger partial charge is 0.494 e. The molecule has 1 rings (SSSR count). The maximum atomic E-state index is 12.8. The fraction of sp³-hybridized carbons (Fsp3) is 0. The van der Waals surface area contributed by atoms with Crippen molar-refractivity contribution in [2.45, 2.75) is 0 Å². The molecule has 0 aliphatic carbocycles. The first kappa shape index (κ1) is 11.5. The van der Waals surface area contributed by atoms with Crippen LogP contribution in [-0.4, -0.2) is 17.2 Å². The fourth-order valence-corrected chi connectivity index (χ4v) is 1.20. The molecule has 2 nitrogen and oxygen atoms in total. The zero-order valence-corrected chi connectivity index (χ0v) is 7.95. The highest BCUT2D eigenvalue weighted by atomic mass is 79.9. The first-order valence-electron chi connectivity index (χ1n) is 3.25. The third-order valence-electron chi connectivity index (χ3n) is 1.50. The van der Waals surface area contributed by atoms with E-state index in [9.17, 15) is 17.6 Å². The number of rotatable bonds is 1. The zero-order valence-electron chi connectivity index (χ0n) is 6.36. The summed E-state index contributed by atoms with van der Waals surface area (Å²) in [5, 5.41) is 16.9. The van der Waals surface area contributed by atoms with Gasteiger partial charge in [0, 0.05) is 2.85 Å². The highest BCUT2D eigenvalue weighted by Crippen LogP contribution is 2.23. The number of hydrogen-bond donors (Lipinski definition) is 2. The first-order chi connectivity index (χ1) is 6.37. The molecule has 0 radical (unpaired) electrons. The predicted molar refractivity (Wildman–Crippen MR) is 48.0 cm³/mol. The quantitative estimate of drug-likeness (QED) is 0.350. The molecule has 14 heavy (non-hydrogen) atoms. The smallest absolute Gasteiger partial charge is 0.423 e. The standard InChI is InChI=1S/C6H2BBrF4O2.2H2/c8-2-5(11)3(9)1(7(13)14)4(10)6(2)12;;/h13-14H;2*1H. The van der Waals surface area contributed by atoms with Crippen molar-refractivity contribution in [2.75, 3.05) is 0 Å². The Hall–Kier alpha value is -0.595. The summed E-state index contributed by atoms with van der Waals surface area (Å²) in [6.07, 6.45) is 0. The Balaban J connectivity index is 0. The van der Waals surface area contributed by atoms with Crippen molar-refractivity contribution in [2.24, 2.45) is 0 Å². The van der Waals surface area contributed by atoms with Gasteiger partial charge in [0.15, 0.2) is 23.3 Å². The molecule has 0 amide bonds. The topological polar surface area (TPSA) is 40.5 Å². The van der Waals surface area contributed by atoms with E-state index in [0.717, 1.165) is 0 Å². The molecule has 0 aliphatic heterocycles. The second-order valence-corrected chi connectivity index (χ2v) is 3.15. The van der Waals surface area contributed by atoms with E-state index in [2.05, 4.69) is 15.9 Å². The predicted octanol–water partition coefficient (Wildman–Crippen LogP) is 1.18. The SMILES string of the molecule is OB(O)c1c(F)c(F)c(Br)c(F)c1F.[HH].[HH]. The average Bonchev–Trinajstić information content (AvgIpc) is 2.11. The van der Waals surface area contributed by atoms with Crippen LogP contribution in [-0.2, 0) is 0 Å². The number of halogens is 5. The Morgan fingerprint density at radius 3 is 1.57 bits per heavy atom. The Bertz CT molecular complexity index is 364. The van der Waals surface area contributed by atoms with E-state index >= 15 is 0 Å². The molecule has 1 aromatic carbocycles. The first-order valence-corrected chi connectivity index (χ1v) is 4.04. The molecule has 0 spiro atoms. The molecule has 0 atom stereocenters. The molecule has 0 unspecified atom stereocenters. The lowest BCUT2D eigenvalue weighted by Crippen LogP contribution is -2.37. The van der Waals surface area contributed by atoms with E-state index in [0.29, 0.717) is 0 Å². The van der Waals surface area contributed by atoms with Crippen molar-refractivity contribution in [3.63, 3.8) is 0 Å². The minimum atomic E-state index is -2.62. The Morgan fingerprint density at radius 1 is 0.929 bits per heavy atom. The molecule has 0 saturated heterocycles. The molecule has 1 aromatic rings. The van der Waals surface area contributed by atoms with Crippen molar-refractivity contribution in [3.05, 3.63) is 27.7 Å². The number of benzene rings is 1. The zero-order chi connectivity index (χ0) is 11.0. The molecule has 0 heterocycles. The average molecular weight is 277 g/mol. The lowest BCUT2D eigenvalue weighted by Gasteiger charge is -2.07. The second-order valence-electron chi connectivity index (χ2n) is 2.36. The van der Waals surface area contributed by atoms with Gasteiger partial charge in [0.25, 0.3) is 0 Å². The van der Waals surface area contributed by atoms with Gasteiger partial charge < -0.3 is 10.0 Å². The van der Waals surface area contributed by atoms with Gasteiger partial charge in [0.2, 0.25) is 0 Å². The molecule has 0 aromatic heterocycles. The van der Waals surface area contributed by atoms with E-state index < -0.39 is 40.3 Å². The second kappa shape index (κ2) is 3.88. The van der Waals surface area contributed by atoms with Crippen LogP contribution < -0.4 is 5.46 Å². The van der Waals surface area contributed by atoms with Crippen molar-refractivity contribution in [1.82, 2.24) is 0 Å². The summed E-state index contributed by atoms with van der Waals surface area (Å²) in [5.74, 6) is -7.12. The summed E-state index contributed by atoms with van der Waals surface area (Å²) < 4.78 is 50.1. The van der Waals surface area contributed by atoms with E-state index in [-0.39, 0.29) is 2.85 Å². The molecular weight excluding hydrogens is 271 g/mol. The van der Waals surface area contributed by atoms with Gasteiger partial charge in [-0.25, -0.2) is 17.6 Å². The summed E-state index contributed by atoms with van der Waals surface area (Å²) >= 11 is 2.27. The van der Waals surface area contributed by atoms with Crippen molar-refractivity contribution >= 4 is 28.5 Å². The van der Waals surface area contributed by atoms with Crippen LogP contribution in [0.4, 0.5) is 17.6 Å². The Labute approximate surface area is 87.4 Å². The van der Waals surface area contributed by atoms with Crippen molar-refractivity contribution in [1.29, 1.82) is 0 Å². The summed E-state index contributed by atoms with van der Waals surface area (Å²) in [5.41, 5.74) is -1.46. The monoisotopic (exact) mass is 276 g/mol. The van der Waals surface area contributed by atoms with Crippen molar-refractivity contribution in [3.8, 4) is 0 Å². The maximum Gasteiger partial charge on any atom is 0.494 e. The van der Waals surface area contributed by atoms with Gasteiger partial charge in [-0.3, -0.25) is 0 Å².